The van der Waals surface area contributed by atoms with Crippen LogP contribution in [-0.2, 0) is 10.0 Å². The summed E-state index contributed by atoms with van der Waals surface area (Å²) in [5.74, 6) is -0.739. The van der Waals surface area contributed by atoms with Crippen LogP contribution in [0.3, 0.4) is 0 Å². The molecule has 0 aromatic heterocycles. The lowest BCUT2D eigenvalue weighted by molar-refractivity contribution is 0.246. The van der Waals surface area contributed by atoms with Crippen molar-refractivity contribution in [2.45, 2.75) is 36.7 Å². The summed E-state index contributed by atoms with van der Waals surface area (Å²) in [5, 5.41) is 0. The third-order valence-corrected chi connectivity index (χ3v) is 5.88. The van der Waals surface area contributed by atoms with Crippen LogP contribution in [0, 0.1) is 5.82 Å². The minimum atomic E-state index is -3.80. The van der Waals surface area contributed by atoms with Gasteiger partial charge in [-0.2, -0.15) is 4.31 Å². The van der Waals surface area contributed by atoms with E-state index in [-0.39, 0.29) is 17.0 Å². The van der Waals surface area contributed by atoms with Crippen LogP contribution in [0.1, 0.15) is 19.8 Å². The Kier molecular flexibility index (Phi) is 4.29. The van der Waals surface area contributed by atoms with Crippen molar-refractivity contribution in [1.29, 1.82) is 0 Å². The second kappa shape index (κ2) is 5.47. The number of halogens is 2. The van der Waals surface area contributed by atoms with Gasteiger partial charge in [-0.25, -0.2) is 12.8 Å². The average Bonchev–Trinajstić information content (AvgIpc) is 2.27. The fourth-order valence-corrected chi connectivity index (χ4v) is 4.39. The van der Waals surface area contributed by atoms with Crippen LogP contribution in [0.15, 0.2) is 27.6 Å². The fourth-order valence-electron chi connectivity index (χ4n) is 2.35. The maximum Gasteiger partial charge on any atom is 0.246 e. The second-order valence-corrected chi connectivity index (χ2v) is 7.60. The Labute approximate surface area is 121 Å². The van der Waals surface area contributed by atoms with E-state index in [0.29, 0.717) is 23.9 Å². The van der Waals surface area contributed by atoms with Gasteiger partial charge in [0.1, 0.15) is 10.7 Å². The van der Waals surface area contributed by atoms with Crippen LogP contribution < -0.4 is 5.73 Å². The van der Waals surface area contributed by atoms with Gasteiger partial charge in [0, 0.05) is 23.1 Å². The molecule has 106 valence electrons. The molecule has 2 rings (SSSR count). The highest BCUT2D eigenvalue weighted by molar-refractivity contribution is 9.10. The average molecular weight is 351 g/mol. The van der Waals surface area contributed by atoms with Gasteiger partial charge in [0.15, 0.2) is 0 Å². The number of hydrogen-bond donors (Lipinski definition) is 1. The minimum absolute atomic E-state index is 0.0104. The molecular weight excluding hydrogens is 335 g/mol. The van der Waals surface area contributed by atoms with Gasteiger partial charge in [-0.05, 0) is 38.0 Å². The molecule has 4 nitrogen and oxygen atoms in total. The van der Waals surface area contributed by atoms with E-state index in [1.807, 2.05) is 0 Å². The van der Waals surface area contributed by atoms with Gasteiger partial charge in [-0.3, -0.25) is 0 Å². The summed E-state index contributed by atoms with van der Waals surface area (Å²) in [6.07, 6.45) is 1.19. The van der Waals surface area contributed by atoms with Crippen LogP contribution in [0.2, 0.25) is 0 Å². The molecule has 1 fully saturated rings. The highest BCUT2D eigenvalue weighted by Gasteiger charge is 2.34. The van der Waals surface area contributed by atoms with Crippen molar-refractivity contribution in [3.05, 3.63) is 28.5 Å². The number of piperidine rings is 1. The Morgan fingerprint density at radius 3 is 2.74 bits per heavy atom. The van der Waals surface area contributed by atoms with Gasteiger partial charge in [0.25, 0.3) is 0 Å². The third kappa shape index (κ3) is 2.99. The van der Waals surface area contributed by atoms with E-state index in [9.17, 15) is 12.8 Å². The number of nitrogens with two attached hydrogens (primary N) is 1. The molecule has 7 heteroatoms. The molecule has 19 heavy (non-hydrogen) atoms. The Hall–Kier alpha value is -0.500. The highest BCUT2D eigenvalue weighted by atomic mass is 79.9. The Bertz CT molecular complexity index is 579. The Balaban J connectivity index is 2.37. The molecule has 2 unspecified atom stereocenters. The van der Waals surface area contributed by atoms with Gasteiger partial charge in [0.2, 0.25) is 10.0 Å². The first-order chi connectivity index (χ1) is 8.82. The molecule has 1 aromatic carbocycles. The zero-order valence-electron chi connectivity index (χ0n) is 10.5. The smallest absolute Gasteiger partial charge is 0.246 e. The summed E-state index contributed by atoms with van der Waals surface area (Å²) in [7, 11) is -3.80. The lowest BCUT2D eigenvalue weighted by Gasteiger charge is -2.35. The number of rotatable bonds is 2. The van der Waals surface area contributed by atoms with E-state index in [2.05, 4.69) is 15.9 Å². The monoisotopic (exact) mass is 350 g/mol. The topological polar surface area (TPSA) is 63.4 Å². The molecule has 0 amide bonds. The fraction of sp³-hybridized carbons (Fsp3) is 0.500. The van der Waals surface area contributed by atoms with Gasteiger partial charge < -0.3 is 5.73 Å². The molecule has 1 aliphatic heterocycles. The molecule has 0 radical (unpaired) electrons. The summed E-state index contributed by atoms with van der Waals surface area (Å²) in [6, 6.07) is 3.77. The molecule has 0 bridgehead atoms. The van der Waals surface area contributed by atoms with Crippen molar-refractivity contribution in [3.8, 4) is 0 Å². The summed E-state index contributed by atoms with van der Waals surface area (Å²) in [6.45, 7) is 2.13. The van der Waals surface area contributed by atoms with Crippen LogP contribution in [0.5, 0.6) is 0 Å². The van der Waals surface area contributed by atoms with Gasteiger partial charge in [0.05, 0.1) is 0 Å². The third-order valence-electron chi connectivity index (χ3n) is 3.34. The maximum absolute atomic E-state index is 13.8. The molecule has 2 N–H and O–H groups in total. The van der Waals surface area contributed by atoms with Gasteiger partial charge in [-0.15, -0.1) is 0 Å². The first-order valence-electron chi connectivity index (χ1n) is 6.05. The van der Waals surface area contributed by atoms with Crippen molar-refractivity contribution < 1.29 is 12.8 Å². The van der Waals surface area contributed by atoms with Crippen LogP contribution in [0.4, 0.5) is 4.39 Å². The predicted molar refractivity (Wildman–Crippen MR) is 74.7 cm³/mol. The van der Waals surface area contributed by atoms with Crippen molar-refractivity contribution in [1.82, 2.24) is 4.31 Å². The number of nitrogens with zero attached hydrogens (tertiary/aromatic N) is 1. The number of sulfonamides is 1. The largest absolute Gasteiger partial charge is 0.328 e. The number of benzene rings is 1. The van der Waals surface area contributed by atoms with Crippen LogP contribution in [-0.4, -0.2) is 31.4 Å². The normalized spacial score (nSPS) is 25.5. The first-order valence-corrected chi connectivity index (χ1v) is 8.28. The minimum Gasteiger partial charge on any atom is -0.328 e. The maximum atomic E-state index is 13.8. The van der Waals surface area contributed by atoms with Crippen molar-refractivity contribution in [2.75, 3.05) is 6.54 Å². The molecule has 0 aliphatic carbocycles. The summed E-state index contributed by atoms with van der Waals surface area (Å²) >= 11 is 3.11. The molecule has 0 saturated carbocycles. The van der Waals surface area contributed by atoms with E-state index in [0.717, 1.165) is 6.07 Å². The van der Waals surface area contributed by atoms with Crippen LogP contribution >= 0.6 is 15.9 Å². The zero-order chi connectivity index (χ0) is 14.2. The Morgan fingerprint density at radius 1 is 1.47 bits per heavy atom. The molecule has 1 aromatic rings. The summed E-state index contributed by atoms with van der Waals surface area (Å²) < 4.78 is 40.6. The first kappa shape index (κ1) is 14.9. The summed E-state index contributed by atoms with van der Waals surface area (Å²) in [5.41, 5.74) is 5.82. The van der Waals surface area contributed by atoms with Crippen molar-refractivity contribution in [2.24, 2.45) is 5.73 Å². The van der Waals surface area contributed by atoms with E-state index >= 15 is 0 Å². The van der Waals surface area contributed by atoms with E-state index < -0.39 is 15.8 Å². The quantitative estimate of drug-likeness (QED) is 0.888. The lowest BCUT2D eigenvalue weighted by atomic mass is 10.0. The molecule has 2 atom stereocenters. The number of hydrogen-bond acceptors (Lipinski definition) is 3. The van der Waals surface area contributed by atoms with Crippen molar-refractivity contribution >= 4 is 26.0 Å². The molecule has 1 heterocycles. The van der Waals surface area contributed by atoms with Gasteiger partial charge >= 0.3 is 0 Å². The van der Waals surface area contributed by atoms with E-state index in [1.165, 1.54) is 16.4 Å². The molecule has 0 spiro atoms. The molecular formula is C12H16BrFN2O2S. The van der Waals surface area contributed by atoms with Crippen molar-refractivity contribution in [3.63, 3.8) is 0 Å². The molecule has 1 aliphatic rings. The van der Waals surface area contributed by atoms with E-state index in [1.54, 1.807) is 6.92 Å². The SMILES string of the molecule is CC1CC(N)CCN1S(=O)(=O)c1ccc(Br)cc1F. The standard InChI is InChI=1S/C12H16BrFN2O2S/c1-8-6-10(15)4-5-16(8)19(17,18)12-3-2-9(13)7-11(12)14/h2-3,7-8,10H,4-6,15H2,1H3. The summed E-state index contributed by atoms with van der Waals surface area (Å²) in [4.78, 5) is -0.280. The second-order valence-electron chi connectivity index (χ2n) is 4.82. The highest BCUT2D eigenvalue weighted by Crippen LogP contribution is 2.27. The van der Waals surface area contributed by atoms with Gasteiger partial charge in [-0.1, -0.05) is 15.9 Å². The van der Waals surface area contributed by atoms with Crippen LogP contribution in [0.25, 0.3) is 0 Å². The molecule has 1 saturated heterocycles. The lowest BCUT2D eigenvalue weighted by Crippen LogP contribution is -2.48. The zero-order valence-corrected chi connectivity index (χ0v) is 12.9. The predicted octanol–water partition coefficient (Wildman–Crippen LogP) is 2.09. The van der Waals surface area contributed by atoms with E-state index in [4.69, 9.17) is 5.73 Å². The Morgan fingerprint density at radius 2 is 2.16 bits per heavy atom.